The van der Waals surface area contributed by atoms with Gasteiger partial charge in [0, 0.05) is 20.1 Å². The molecule has 1 aliphatic heterocycles. The fourth-order valence-electron chi connectivity index (χ4n) is 5.00. The van der Waals surface area contributed by atoms with Crippen molar-refractivity contribution in [2.45, 2.75) is 63.7 Å². The van der Waals surface area contributed by atoms with Gasteiger partial charge in [-0.2, -0.15) is 0 Å². The van der Waals surface area contributed by atoms with E-state index in [0.717, 1.165) is 37.0 Å². The first-order valence-corrected chi connectivity index (χ1v) is 14.5. The Hall–Kier alpha value is -2.42. The van der Waals surface area contributed by atoms with Crippen molar-refractivity contribution < 1.29 is 13.9 Å². The van der Waals surface area contributed by atoms with Crippen molar-refractivity contribution in [2.75, 3.05) is 20.3 Å². The number of methoxy groups -OCH3 is 1. The first-order chi connectivity index (χ1) is 16.8. The molecule has 3 nitrogen and oxygen atoms in total. The average Bonchev–Trinajstić information content (AvgIpc) is 2.86. The van der Waals surface area contributed by atoms with Gasteiger partial charge in [-0.15, -0.1) is 12.3 Å². The van der Waals surface area contributed by atoms with Gasteiger partial charge < -0.3 is 13.9 Å². The fraction of sp³-hybridized carbons (Fsp3) is 0.419. The van der Waals surface area contributed by atoms with Crippen molar-refractivity contribution >= 4 is 18.7 Å². The van der Waals surface area contributed by atoms with Gasteiger partial charge in [-0.3, -0.25) is 0 Å². The summed E-state index contributed by atoms with van der Waals surface area (Å²) in [6, 6.07) is 21.6. The Bertz CT molecular complexity index is 975. The van der Waals surface area contributed by atoms with Gasteiger partial charge in [-0.05, 0) is 51.9 Å². The maximum absolute atomic E-state index is 7.01. The van der Waals surface area contributed by atoms with Crippen molar-refractivity contribution in [3.05, 3.63) is 84.5 Å². The van der Waals surface area contributed by atoms with Crippen molar-refractivity contribution in [3.63, 3.8) is 0 Å². The normalized spacial score (nSPS) is 18.5. The monoisotopic (exact) mass is 488 g/mol. The van der Waals surface area contributed by atoms with Gasteiger partial charge in [-0.1, -0.05) is 88.0 Å². The molecule has 2 atom stereocenters. The van der Waals surface area contributed by atoms with Crippen LogP contribution in [-0.4, -0.2) is 40.8 Å². The standard InChI is InChI=1S/C31H40O3Si/c1-7-16-26-23-29(30(32-6)24-33-26)25(2)17-14-15-22-34-35(31(3,4)5,27-18-10-8-11-19-27)28-20-12-9-13-21-28/h1,8-13,18-21,23,26,30H,2,14-17,22,24H2,3-6H3. The highest BCUT2D eigenvalue weighted by atomic mass is 28.4. The molecular weight excluding hydrogens is 448 g/mol. The zero-order valence-electron chi connectivity index (χ0n) is 21.8. The lowest BCUT2D eigenvalue weighted by Gasteiger charge is -2.43. The number of rotatable bonds is 11. The molecule has 4 heteroatoms. The highest BCUT2D eigenvalue weighted by molar-refractivity contribution is 6.99. The Morgan fingerprint density at radius 1 is 1.06 bits per heavy atom. The van der Waals surface area contributed by atoms with Crippen molar-refractivity contribution in [3.8, 4) is 12.3 Å². The molecule has 2 unspecified atom stereocenters. The lowest BCUT2D eigenvalue weighted by molar-refractivity contribution is -0.00754. The van der Waals surface area contributed by atoms with E-state index in [1.165, 1.54) is 10.4 Å². The first kappa shape index (κ1) is 27.2. The molecule has 2 aromatic carbocycles. The highest BCUT2D eigenvalue weighted by Crippen LogP contribution is 2.37. The molecule has 1 heterocycles. The van der Waals surface area contributed by atoms with Crippen molar-refractivity contribution in [1.82, 2.24) is 0 Å². The van der Waals surface area contributed by atoms with Gasteiger partial charge in [0.15, 0.2) is 0 Å². The minimum Gasteiger partial charge on any atom is -0.407 e. The number of hydrogen-bond acceptors (Lipinski definition) is 3. The molecule has 0 amide bonds. The molecule has 3 rings (SSSR count). The maximum Gasteiger partial charge on any atom is 0.261 e. The zero-order chi connectivity index (χ0) is 25.3. The summed E-state index contributed by atoms with van der Waals surface area (Å²) in [5.74, 6) is 2.69. The summed E-state index contributed by atoms with van der Waals surface area (Å²) < 4.78 is 18.4. The van der Waals surface area contributed by atoms with E-state index in [2.05, 4.69) is 100 Å². The second-order valence-corrected chi connectivity index (χ2v) is 14.5. The third-order valence-electron chi connectivity index (χ3n) is 6.79. The van der Waals surface area contributed by atoms with Gasteiger partial charge in [-0.25, -0.2) is 0 Å². The zero-order valence-corrected chi connectivity index (χ0v) is 22.8. The van der Waals surface area contributed by atoms with Crippen LogP contribution in [0, 0.1) is 12.3 Å². The molecule has 1 aliphatic rings. The molecule has 0 radical (unpaired) electrons. The van der Waals surface area contributed by atoms with E-state index in [4.69, 9.17) is 20.3 Å². The molecule has 0 N–H and O–H groups in total. The van der Waals surface area contributed by atoms with E-state index in [1.54, 1.807) is 7.11 Å². The van der Waals surface area contributed by atoms with E-state index in [1.807, 2.05) is 0 Å². The molecule has 0 saturated carbocycles. The molecule has 0 bridgehead atoms. The highest BCUT2D eigenvalue weighted by Gasteiger charge is 2.49. The molecular formula is C31H40O3Si. The van der Waals surface area contributed by atoms with Crippen LogP contribution in [0.2, 0.25) is 5.04 Å². The largest absolute Gasteiger partial charge is 0.407 e. The molecule has 0 saturated heterocycles. The molecule has 0 aliphatic carbocycles. The Kier molecular flexibility index (Phi) is 9.71. The van der Waals surface area contributed by atoms with Gasteiger partial charge in [0.2, 0.25) is 0 Å². The topological polar surface area (TPSA) is 27.7 Å². The van der Waals surface area contributed by atoms with Crippen LogP contribution in [0.15, 0.2) is 84.5 Å². The van der Waals surface area contributed by atoms with Crippen molar-refractivity contribution in [2.24, 2.45) is 0 Å². The van der Waals surface area contributed by atoms with E-state index in [0.29, 0.717) is 13.0 Å². The SMILES string of the molecule is C#CCC1C=C(C(=C)CCCCO[Si](c2ccccc2)(c2ccccc2)C(C)(C)C)C(OC)CO1. The van der Waals surface area contributed by atoms with E-state index < -0.39 is 8.32 Å². The van der Waals surface area contributed by atoms with Gasteiger partial charge in [0.25, 0.3) is 8.32 Å². The minimum absolute atomic E-state index is 0.00998. The summed E-state index contributed by atoms with van der Waals surface area (Å²) in [6.45, 7) is 12.5. The minimum atomic E-state index is -2.48. The summed E-state index contributed by atoms with van der Waals surface area (Å²) in [4.78, 5) is 0. The molecule has 0 aromatic heterocycles. The average molecular weight is 489 g/mol. The Morgan fingerprint density at radius 2 is 1.66 bits per heavy atom. The molecule has 0 fully saturated rings. The number of benzene rings is 2. The number of terminal acetylenes is 1. The summed E-state index contributed by atoms with van der Waals surface area (Å²) in [5.41, 5.74) is 2.24. The van der Waals surface area contributed by atoms with Gasteiger partial charge in [0.05, 0.1) is 12.7 Å². The molecule has 186 valence electrons. The van der Waals surface area contributed by atoms with Crippen LogP contribution < -0.4 is 10.4 Å². The lowest BCUT2D eigenvalue weighted by Crippen LogP contribution is -2.66. The van der Waals surface area contributed by atoms with Crippen LogP contribution in [0.3, 0.4) is 0 Å². The van der Waals surface area contributed by atoms with Gasteiger partial charge in [0.1, 0.15) is 6.10 Å². The Morgan fingerprint density at radius 3 is 2.17 bits per heavy atom. The van der Waals surface area contributed by atoms with Crippen LogP contribution in [0.5, 0.6) is 0 Å². The predicted molar refractivity (Wildman–Crippen MR) is 149 cm³/mol. The maximum atomic E-state index is 7.01. The van der Waals surface area contributed by atoms with Crippen molar-refractivity contribution in [1.29, 1.82) is 0 Å². The van der Waals surface area contributed by atoms with Crippen LogP contribution in [-0.2, 0) is 13.9 Å². The molecule has 2 aromatic rings. The fourth-order valence-corrected chi connectivity index (χ4v) is 9.61. The van der Waals surface area contributed by atoms with E-state index in [-0.39, 0.29) is 17.2 Å². The van der Waals surface area contributed by atoms with Crippen LogP contribution >= 0.6 is 0 Å². The summed E-state index contributed by atoms with van der Waals surface area (Å²) in [7, 11) is -0.766. The second kappa shape index (κ2) is 12.5. The number of unbranched alkanes of at least 4 members (excludes halogenated alkanes) is 1. The smallest absolute Gasteiger partial charge is 0.261 e. The second-order valence-electron chi connectivity index (χ2n) is 10.2. The Balaban J connectivity index is 1.70. The predicted octanol–water partition coefficient (Wildman–Crippen LogP) is 5.65. The third-order valence-corrected chi connectivity index (χ3v) is 11.8. The first-order valence-electron chi connectivity index (χ1n) is 12.6. The van der Waals surface area contributed by atoms with Crippen LogP contribution in [0.25, 0.3) is 0 Å². The third kappa shape index (κ3) is 6.42. The van der Waals surface area contributed by atoms with Gasteiger partial charge >= 0.3 is 0 Å². The van der Waals surface area contributed by atoms with E-state index >= 15 is 0 Å². The molecule has 0 spiro atoms. The lowest BCUT2D eigenvalue weighted by atomic mass is 9.93. The quantitative estimate of drug-likeness (QED) is 0.232. The summed E-state index contributed by atoms with van der Waals surface area (Å²) in [5, 5.41) is 2.63. The summed E-state index contributed by atoms with van der Waals surface area (Å²) in [6.07, 6.45) is 10.9. The van der Waals surface area contributed by atoms with Crippen LogP contribution in [0.4, 0.5) is 0 Å². The van der Waals surface area contributed by atoms with Crippen LogP contribution in [0.1, 0.15) is 46.5 Å². The number of hydrogen-bond donors (Lipinski definition) is 0. The number of ether oxygens (including phenoxy) is 2. The summed E-state index contributed by atoms with van der Waals surface area (Å²) >= 11 is 0. The molecule has 35 heavy (non-hydrogen) atoms. The van der Waals surface area contributed by atoms with E-state index in [9.17, 15) is 0 Å². The Labute approximate surface area is 213 Å².